The fourth-order valence-corrected chi connectivity index (χ4v) is 3.95. The first kappa shape index (κ1) is 21.2. The number of aryl methyl sites for hydroxylation is 1. The molecule has 1 saturated heterocycles. The van der Waals surface area contributed by atoms with Crippen molar-refractivity contribution in [1.29, 1.82) is 0 Å². The maximum absolute atomic E-state index is 12.6. The lowest BCUT2D eigenvalue weighted by atomic mass is 10.1. The molecule has 0 unspecified atom stereocenters. The van der Waals surface area contributed by atoms with E-state index >= 15 is 0 Å². The van der Waals surface area contributed by atoms with E-state index in [1.807, 2.05) is 29.7 Å². The third kappa shape index (κ3) is 4.84. The number of carbonyl (C=O) groups is 2. The number of pyridine rings is 1. The summed E-state index contributed by atoms with van der Waals surface area (Å²) >= 11 is 0. The highest BCUT2D eigenvalue weighted by Crippen LogP contribution is 2.32. The zero-order valence-corrected chi connectivity index (χ0v) is 18.1. The average molecular weight is 428 g/mol. The molecule has 1 aromatic carbocycles. The minimum atomic E-state index is -0.338. The Kier molecular flexibility index (Phi) is 6.15. The molecule has 1 aliphatic carbocycles. The molecule has 2 fully saturated rings. The molecule has 2 heterocycles. The molecular formula is C23H29N3O5. The van der Waals surface area contributed by atoms with Crippen molar-refractivity contribution in [3.63, 3.8) is 0 Å². The summed E-state index contributed by atoms with van der Waals surface area (Å²) in [5, 5.41) is 1.02. The fraction of sp³-hybridized carbons (Fsp3) is 0.522. The van der Waals surface area contributed by atoms with E-state index in [2.05, 4.69) is 0 Å². The van der Waals surface area contributed by atoms with E-state index < -0.39 is 0 Å². The van der Waals surface area contributed by atoms with Crippen LogP contribution < -0.4 is 10.3 Å². The van der Waals surface area contributed by atoms with Gasteiger partial charge in [0.1, 0.15) is 5.75 Å². The van der Waals surface area contributed by atoms with Gasteiger partial charge in [0.15, 0.2) is 6.61 Å². The first-order valence-electron chi connectivity index (χ1n) is 10.9. The van der Waals surface area contributed by atoms with Crippen LogP contribution in [0, 0.1) is 12.8 Å². The lowest BCUT2D eigenvalue weighted by molar-refractivity contribution is -0.134. The molecule has 0 spiro atoms. The molecule has 0 radical (unpaired) electrons. The van der Waals surface area contributed by atoms with E-state index in [0.29, 0.717) is 44.5 Å². The molecule has 0 atom stereocenters. The van der Waals surface area contributed by atoms with Crippen molar-refractivity contribution in [2.24, 2.45) is 5.92 Å². The fourth-order valence-electron chi connectivity index (χ4n) is 3.95. The number of aromatic nitrogens is 1. The number of carbonyl (C=O) groups excluding carboxylic acids is 2. The van der Waals surface area contributed by atoms with Gasteiger partial charge in [0.25, 0.3) is 11.5 Å². The lowest BCUT2D eigenvalue weighted by Gasteiger charge is -2.33. The van der Waals surface area contributed by atoms with Crippen LogP contribution in [-0.4, -0.2) is 65.8 Å². The van der Waals surface area contributed by atoms with E-state index in [-0.39, 0.29) is 24.2 Å². The minimum Gasteiger partial charge on any atom is -0.484 e. The van der Waals surface area contributed by atoms with Gasteiger partial charge in [0.2, 0.25) is 0 Å². The summed E-state index contributed by atoms with van der Waals surface area (Å²) in [6.07, 6.45) is 1.99. The molecule has 8 nitrogen and oxygen atoms in total. The number of fused-ring (bicyclic) bond motifs is 1. The van der Waals surface area contributed by atoms with Crippen LogP contribution in [-0.2, 0) is 16.1 Å². The van der Waals surface area contributed by atoms with Gasteiger partial charge >= 0.3 is 6.09 Å². The third-order valence-corrected chi connectivity index (χ3v) is 5.95. The van der Waals surface area contributed by atoms with Crippen LogP contribution in [0.5, 0.6) is 5.75 Å². The number of hydrogen-bond donors (Lipinski definition) is 0. The van der Waals surface area contributed by atoms with Crippen LogP contribution in [0.2, 0.25) is 0 Å². The van der Waals surface area contributed by atoms with E-state index in [0.717, 1.165) is 35.9 Å². The van der Waals surface area contributed by atoms with E-state index in [1.165, 1.54) is 0 Å². The van der Waals surface area contributed by atoms with Gasteiger partial charge in [-0.25, -0.2) is 4.79 Å². The Labute approximate surface area is 181 Å². The van der Waals surface area contributed by atoms with Crippen LogP contribution in [0.1, 0.15) is 25.3 Å². The van der Waals surface area contributed by atoms with Crippen molar-refractivity contribution < 1.29 is 19.1 Å². The Morgan fingerprint density at radius 2 is 1.77 bits per heavy atom. The molecule has 8 heteroatoms. The van der Waals surface area contributed by atoms with Gasteiger partial charge in [-0.1, -0.05) is 0 Å². The highest BCUT2D eigenvalue weighted by atomic mass is 16.6. The lowest BCUT2D eigenvalue weighted by Crippen LogP contribution is -2.51. The van der Waals surface area contributed by atoms with Crippen LogP contribution in [0.15, 0.2) is 29.1 Å². The molecule has 31 heavy (non-hydrogen) atoms. The Hall–Kier alpha value is -3.03. The standard InChI is InChI=1S/C23H29N3O5/c1-3-30-23(29)25-10-8-24(9-11-25)22(28)15-31-18-6-7-19-16(2)12-21(27)26(20(19)13-18)14-17-4-5-17/h6-7,12-13,17H,3-5,8-11,14-15H2,1-2H3. The summed E-state index contributed by atoms with van der Waals surface area (Å²) in [5.41, 5.74) is 1.80. The second kappa shape index (κ2) is 8.99. The second-order valence-corrected chi connectivity index (χ2v) is 8.25. The quantitative estimate of drug-likeness (QED) is 0.707. The molecule has 4 rings (SSSR count). The SMILES string of the molecule is CCOC(=O)N1CCN(C(=O)COc2ccc3c(C)cc(=O)n(CC4CC4)c3c2)CC1. The molecule has 1 aliphatic heterocycles. The summed E-state index contributed by atoms with van der Waals surface area (Å²) in [6, 6.07) is 7.33. The second-order valence-electron chi connectivity index (χ2n) is 8.25. The van der Waals surface area contributed by atoms with Crippen molar-refractivity contribution in [3.8, 4) is 5.75 Å². The Balaban J connectivity index is 1.40. The summed E-state index contributed by atoms with van der Waals surface area (Å²) in [7, 11) is 0. The number of amides is 2. The molecule has 2 amide bonds. The van der Waals surface area contributed by atoms with Gasteiger partial charge in [-0.05, 0) is 50.3 Å². The van der Waals surface area contributed by atoms with Gasteiger partial charge in [-0.2, -0.15) is 0 Å². The van der Waals surface area contributed by atoms with Gasteiger partial charge in [0.05, 0.1) is 12.1 Å². The zero-order chi connectivity index (χ0) is 22.0. The van der Waals surface area contributed by atoms with Gasteiger partial charge < -0.3 is 23.8 Å². The molecule has 2 aliphatic rings. The Bertz CT molecular complexity index is 1040. The number of piperazine rings is 1. The summed E-state index contributed by atoms with van der Waals surface area (Å²) in [4.78, 5) is 40.2. The average Bonchev–Trinajstić information content (AvgIpc) is 3.59. The number of benzene rings is 1. The van der Waals surface area contributed by atoms with Gasteiger partial charge in [-0.15, -0.1) is 0 Å². The molecule has 0 N–H and O–H groups in total. The van der Waals surface area contributed by atoms with Crippen LogP contribution in [0.3, 0.4) is 0 Å². The van der Waals surface area contributed by atoms with Crippen molar-refractivity contribution in [2.45, 2.75) is 33.2 Å². The highest BCUT2D eigenvalue weighted by Gasteiger charge is 2.25. The highest BCUT2D eigenvalue weighted by molar-refractivity contribution is 5.84. The third-order valence-electron chi connectivity index (χ3n) is 5.95. The van der Waals surface area contributed by atoms with E-state index in [9.17, 15) is 14.4 Å². The molecule has 0 bridgehead atoms. The number of rotatable bonds is 6. The molecular weight excluding hydrogens is 398 g/mol. The maximum Gasteiger partial charge on any atom is 0.409 e. The Morgan fingerprint density at radius 3 is 2.45 bits per heavy atom. The number of ether oxygens (including phenoxy) is 2. The first-order chi connectivity index (χ1) is 15.0. The molecule has 2 aromatic rings. The van der Waals surface area contributed by atoms with Gasteiger partial charge in [-0.3, -0.25) is 9.59 Å². The Morgan fingerprint density at radius 1 is 1.06 bits per heavy atom. The molecule has 1 aromatic heterocycles. The largest absolute Gasteiger partial charge is 0.484 e. The molecule has 166 valence electrons. The van der Waals surface area contributed by atoms with E-state index in [1.54, 1.807) is 22.8 Å². The van der Waals surface area contributed by atoms with Crippen LogP contribution >= 0.6 is 0 Å². The number of hydrogen-bond acceptors (Lipinski definition) is 5. The van der Waals surface area contributed by atoms with E-state index in [4.69, 9.17) is 9.47 Å². The van der Waals surface area contributed by atoms with Crippen molar-refractivity contribution in [2.75, 3.05) is 39.4 Å². The van der Waals surface area contributed by atoms with Crippen molar-refractivity contribution in [3.05, 3.63) is 40.2 Å². The summed E-state index contributed by atoms with van der Waals surface area (Å²) < 4.78 is 12.6. The predicted molar refractivity (Wildman–Crippen MR) is 116 cm³/mol. The molecule has 1 saturated carbocycles. The van der Waals surface area contributed by atoms with Gasteiger partial charge in [0, 0.05) is 50.2 Å². The van der Waals surface area contributed by atoms with Crippen LogP contribution in [0.25, 0.3) is 10.9 Å². The topological polar surface area (TPSA) is 81.1 Å². The number of nitrogens with zero attached hydrogens (tertiary/aromatic N) is 3. The zero-order valence-electron chi connectivity index (χ0n) is 18.1. The minimum absolute atomic E-state index is 0.00426. The summed E-state index contributed by atoms with van der Waals surface area (Å²) in [5.74, 6) is 1.02. The van der Waals surface area contributed by atoms with Crippen LogP contribution in [0.4, 0.5) is 4.79 Å². The normalized spacial score (nSPS) is 16.5. The first-order valence-corrected chi connectivity index (χ1v) is 10.9. The monoisotopic (exact) mass is 427 g/mol. The maximum atomic E-state index is 12.6. The predicted octanol–water partition coefficient (Wildman–Crippen LogP) is 2.40. The smallest absolute Gasteiger partial charge is 0.409 e. The van der Waals surface area contributed by atoms with Crippen molar-refractivity contribution >= 4 is 22.9 Å². The van der Waals surface area contributed by atoms with Crippen molar-refractivity contribution in [1.82, 2.24) is 14.4 Å². The summed E-state index contributed by atoms with van der Waals surface area (Å²) in [6.45, 7) is 6.51.